The standard InChI is InChI=1S/C42H70O4/c1-3-5-7-9-10-11-12-13-14-15-16-17-18-19-20-25-28-31-35-39-42(45)46-40(36-32-8-6-4-2)37-33-29-26-23-21-22-24-27-30-34-38-41(43)44/h5,7,10-11,13-14,16-17,19-20,28,31,40H,3-4,6,8-9,12,15,18,21-27,29-30,32-39H2,1-2H3,(H,43,44)/b7-5-,11-10-,14-13-,17-16-,20-19-,31-28-. The largest absolute Gasteiger partial charge is 0.481 e. The molecule has 0 aliphatic heterocycles. The summed E-state index contributed by atoms with van der Waals surface area (Å²) in [6.07, 6.45) is 52.3. The molecule has 0 radical (unpaired) electrons. The van der Waals surface area contributed by atoms with Gasteiger partial charge in [-0.3, -0.25) is 9.59 Å². The van der Waals surface area contributed by atoms with E-state index in [2.05, 4.69) is 86.8 Å². The molecule has 0 fully saturated rings. The predicted molar refractivity (Wildman–Crippen MR) is 199 cm³/mol. The number of allylic oxidation sites excluding steroid dienone is 12. The number of carbonyl (C=O) groups is 2. The van der Waals surface area contributed by atoms with Crippen LogP contribution in [0.2, 0.25) is 0 Å². The highest BCUT2D eigenvalue weighted by molar-refractivity contribution is 5.69. The van der Waals surface area contributed by atoms with Crippen LogP contribution in [0.4, 0.5) is 0 Å². The highest BCUT2D eigenvalue weighted by Crippen LogP contribution is 2.18. The molecule has 4 nitrogen and oxygen atoms in total. The van der Waals surface area contributed by atoms with E-state index < -0.39 is 5.97 Å². The number of unbranched alkanes of at least 4 members (excludes halogenated alkanes) is 12. The lowest BCUT2D eigenvalue weighted by atomic mass is 10.0. The predicted octanol–water partition coefficient (Wildman–Crippen LogP) is 13.1. The number of rotatable bonds is 33. The fraction of sp³-hybridized carbons (Fsp3) is 0.667. The Morgan fingerprint density at radius 1 is 0.500 bits per heavy atom. The van der Waals surface area contributed by atoms with Gasteiger partial charge in [-0.05, 0) is 77.0 Å². The number of aliphatic carboxylic acids is 1. The zero-order valence-corrected chi connectivity index (χ0v) is 29.9. The smallest absolute Gasteiger partial charge is 0.306 e. The Hall–Kier alpha value is -2.62. The molecular formula is C42H70O4. The second-order valence-electron chi connectivity index (χ2n) is 12.4. The molecule has 0 aromatic carbocycles. The molecule has 0 amide bonds. The summed E-state index contributed by atoms with van der Waals surface area (Å²) in [5.74, 6) is -0.734. The fourth-order valence-corrected chi connectivity index (χ4v) is 5.21. The maximum Gasteiger partial charge on any atom is 0.306 e. The van der Waals surface area contributed by atoms with Crippen molar-refractivity contribution in [2.24, 2.45) is 0 Å². The maximum absolute atomic E-state index is 12.5. The van der Waals surface area contributed by atoms with Gasteiger partial charge in [-0.1, -0.05) is 157 Å². The maximum atomic E-state index is 12.5. The van der Waals surface area contributed by atoms with Crippen LogP contribution >= 0.6 is 0 Å². The third kappa shape index (κ3) is 35.9. The lowest BCUT2D eigenvalue weighted by molar-refractivity contribution is -0.149. The van der Waals surface area contributed by atoms with E-state index >= 15 is 0 Å². The van der Waals surface area contributed by atoms with Crippen molar-refractivity contribution in [1.82, 2.24) is 0 Å². The lowest BCUT2D eigenvalue weighted by Crippen LogP contribution is -2.18. The van der Waals surface area contributed by atoms with Gasteiger partial charge in [-0.15, -0.1) is 0 Å². The van der Waals surface area contributed by atoms with E-state index in [-0.39, 0.29) is 12.1 Å². The van der Waals surface area contributed by atoms with Gasteiger partial charge in [0.25, 0.3) is 0 Å². The third-order valence-corrected chi connectivity index (χ3v) is 7.96. The average Bonchev–Trinajstić information content (AvgIpc) is 3.04. The first-order valence-electron chi connectivity index (χ1n) is 18.9. The van der Waals surface area contributed by atoms with Crippen LogP contribution in [0.1, 0.15) is 174 Å². The van der Waals surface area contributed by atoms with E-state index in [9.17, 15) is 9.59 Å². The molecule has 4 heteroatoms. The first-order valence-corrected chi connectivity index (χ1v) is 18.9. The molecular weight excluding hydrogens is 568 g/mol. The minimum absolute atomic E-state index is 0.0524. The van der Waals surface area contributed by atoms with Crippen LogP contribution in [0, 0.1) is 0 Å². The zero-order chi connectivity index (χ0) is 33.6. The molecule has 0 spiro atoms. The van der Waals surface area contributed by atoms with Crippen LogP contribution in [0.5, 0.6) is 0 Å². The second kappa shape index (κ2) is 36.8. The molecule has 0 aliphatic rings. The highest BCUT2D eigenvalue weighted by Gasteiger charge is 2.13. The second-order valence-corrected chi connectivity index (χ2v) is 12.4. The van der Waals surface area contributed by atoms with E-state index in [1.165, 1.54) is 57.8 Å². The Morgan fingerprint density at radius 2 is 0.891 bits per heavy atom. The van der Waals surface area contributed by atoms with E-state index in [4.69, 9.17) is 9.84 Å². The zero-order valence-electron chi connectivity index (χ0n) is 29.9. The van der Waals surface area contributed by atoms with Crippen molar-refractivity contribution in [3.8, 4) is 0 Å². The van der Waals surface area contributed by atoms with Crippen molar-refractivity contribution >= 4 is 11.9 Å². The van der Waals surface area contributed by atoms with Crippen molar-refractivity contribution in [3.05, 3.63) is 72.9 Å². The van der Waals surface area contributed by atoms with Crippen LogP contribution in [-0.4, -0.2) is 23.1 Å². The van der Waals surface area contributed by atoms with Crippen LogP contribution in [0.15, 0.2) is 72.9 Å². The van der Waals surface area contributed by atoms with Gasteiger partial charge >= 0.3 is 11.9 Å². The Bertz CT molecular complexity index is 861. The molecule has 0 aromatic heterocycles. The number of carboxylic acids is 1. The molecule has 0 saturated heterocycles. The Labute approximate surface area is 284 Å². The molecule has 0 heterocycles. The summed E-state index contributed by atoms with van der Waals surface area (Å²) in [6.45, 7) is 4.39. The van der Waals surface area contributed by atoms with Crippen LogP contribution in [-0.2, 0) is 14.3 Å². The van der Waals surface area contributed by atoms with Gasteiger partial charge < -0.3 is 9.84 Å². The molecule has 46 heavy (non-hydrogen) atoms. The van der Waals surface area contributed by atoms with Gasteiger partial charge in [0.2, 0.25) is 0 Å². The van der Waals surface area contributed by atoms with Crippen molar-refractivity contribution in [1.29, 1.82) is 0 Å². The summed E-state index contributed by atoms with van der Waals surface area (Å²) in [5, 5.41) is 8.69. The fourth-order valence-electron chi connectivity index (χ4n) is 5.21. The van der Waals surface area contributed by atoms with Gasteiger partial charge in [-0.2, -0.15) is 0 Å². The van der Waals surface area contributed by atoms with Gasteiger partial charge in [0.1, 0.15) is 6.10 Å². The van der Waals surface area contributed by atoms with Gasteiger partial charge in [-0.25, -0.2) is 0 Å². The van der Waals surface area contributed by atoms with E-state index in [0.717, 1.165) is 89.9 Å². The van der Waals surface area contributed by atoms with Crippen molar-refractivity contribution in [2.45, 2.75) is 180 Å². The monoisotopic (exact) mass is 639 g/mol. The van der Waals surface area contributed by atoms with E-state index in [1.807, 2.05) is 0 Å². The number of hydrogen-bond acceptors (Lipinski definition) is 3. The lowest BCUT2D eigenvalue weighted by Gasteiger charge is -2.18. The molecule has 1 N–H and O–H groups in total. The number of esters is 1. The number of carboxylic acid groups (broad SMARTS) is 1. The molecule has 0 aliphatic carbocycles. The summed E-state index contributed by atoms with van der Waals surface area (Å²) in [7, 11) is 0. The minimum atomic E-state index is -0.682. The molecule has 0 saturated carbocycles. The molecule has 1 unspecified atom stereocenters. The molecule has 1 atom stereocenters. The van der Waals surface area contributed by atoms with Gasteiger partial charge in [0.15, 0.2) is 0 Å². The van der Waals surface area contributed by atoms with Crippen LogP contribution in [0.25, 0.3) is 0 Å². The van der Waals surface area contributed by atoms with Crippen LogP contribution in [0.3, 0.4) is 0 Å². The number of ether oxygens (including phenoxy) is 1. The molecule has 262 valence electrons. The number of carbonyl (C=O) groups excluding carboxylic acids is 1. The topological polar surface area (TPSA) is 63.6 Å². The summed E-state index contributed by atoms with van der Waals surface area (Å²) < 4.78 is 5.93. The highest BCUT2D eigenvalue weighted by atomic mass is 16.5. The normalized spacial score (nSPS) is 13.1. The Balaban J connectivity index is 4.00. The van der Waals surface area contributed by atoms with Gasteiger partial charge in [0.05, 0.1) is 0 Å². The molecule has 0 aromatic rings. The summed E-state index contributed by atoms with van der Waals surface area (Å²) >= 11 is 0. The first kappa shape index (κ1) is 43.4. The quantitative estimate of drug-likeness (QED) is 0.0441. The minimum Gasteiger partial charge on any atom is -0.481 e. The van der Waals surface area contributed by atoms with Crippen LogP contribution < -0.4 is 0 Å². The SMILES string of the molecule is CC/C=C\C/C=C\C/C=C\C/C=C\C/C=C\C/C=C\CCC(=O)OC(CCCCCC)CCCCCCCCCCCCC(=O)O. The van der Waals surface area contributed by atoms with Gasteiger partial charge in [0, 0.05) is 12.8 Å². The summed E-state index contributed by atoms with van der Waals surface area (Å²) in [6, 6.07) is 0. The Morgan fingerprint density at radius 3 is 1.33 bits per heavy atom. The van der Waals surface area contributed by atoms with Crippen molar-refractivity contribution < 1.29 is 19.4 Å². The Kier molecular flexibility index (Phi) is 34.7. The summed E-state index contributed by atoms with van der Waals surface area (Å²) in [5.41, 5.74) is 0. The molecule has 0 rings (SSSR count). The van der Waals surface area contributed by atoms with E-state index in [1.54, 1.807) is 0 Å². The summed E-state index contributed by atoms with van der Waals surface area (Å²) in [4.78, 5) is 23.1. The average molecular weight is 639 g/mol. The van der Waals surface area contributed by atoms with E-state index in [0.29, 0.717) is 12.8 Å². The van der Waals surface area contributed by atoms with Crippen molar-refractivity contribution in [2.75, 3.05) is 0 Å². The van der Waals surface area contributed by atoms with Crippen molar-refractivity contribution in [3.63, 3.8) is 0 Å². The number of hydrogen-bond donors (Lipinski definition) is 1. The molecule has 0 bridgehead atoms. The first-order chi connectivity index (χ1) is 22.6. The third-order valence-electron chi connectivity index (χ3n) is 7.96.